The van der Waals surface area contributed by atoms with Gasteiger partial charge in [0.1, 0.15) is 11.6 Å². The van der Waals surface area contributed by atoms with E-state index in [-0.39, 0.29) is 11.8 Å². The topological polar surface area (TPSA) is 68.8 Å². The second-order valence-corrected chi connectivity index (χ2v) is 7.55. The van der Waals surface area contributed by atoms with Crippen molar-refractivity contribution >= 4 is 5.91 Å². The summed E-state index contributed by atoms with van der Waals surface area (Å²) in [5, 5.41) is 13.2. The molecule has 0 N–H and O–H groups in total. The van der Waals surface area contributed by atoms with E-state index in [1.54, 1.807) is 4.68 Å². The van der Waals surface area contributed by atoms with E-state index in [1.807, 2.05) is 18.1 Å². The number of fused-ring (bicyclic) bond motifs is 1. The SMILES string of the molecule is CC(C)c1nn(C)cc1C(=O)N1CCC(c2nnc3n2CCC3)CC1. The van der Waals surface area contributed by atoms with Crippen molar-refractivity contribution in [2.24, 2.45) is 7.05 Å². The van der Waals surface area contributed by atoms with Crippen LogP contribution in [0.15, 0.2) is 6.20 Å². The number of aryl methyl sites for hydroxylation is 2. The van der Waals surface area contributed by atoms with Gasteiger partial charge >= 0.3 is 0 Å². The van der Waals surface area contributed by atoms with Crippen LogP contribution < -0.4 is 0 Å². The Morgan fingerprint density at radius 1 is 1.20 bits per heavy atom. The minimum atomic E-state index is 0.113. The lowest BCUT2D eigenvalue weighted by Crippen LogP contribution is -2.38. The molecule has 4 heterocycles. The molecule has 1 fully saturated rings. The normalized spacial score (nSPS) is 18.2. The number of carbonyl (C=O) groups is 1. The van der Waals surface area contributed by atoms with Crippen molar-refractivity contribution in [1.82, 2.24) is 29.4 Å². The monoisotopic (exact) mass is 342 g/mol. The van der Waals surface area contributed by atoms with E-state index in [9.17, 15) is 4.79 Å². The van der Waals surface area contributed by atoms with Gasteiger partial charge in [-0.05, 0) is 25.2 Å². The van der Waals surface area contributed by atoms with Gasteiger partial charge in [-0.2, -0.15) is 5.10 Å². The molecule has 2 aliphatic rings. The summed E-state index contributed by atoms with van der Waals surface area (Å²) < 4.78 is 4.04. The molecule has 1 saturated heterocycles. The lowest BCUT2D eigenvalue weighted by Gasteiger charge is -2.31. The fraction of sp³-hybridized carbons (Fsp3) is 0.667. The van der Waals surface area contributed by atoms with Crippen LogP contribution in [0.3, 0.4) is 0 Å². The van der Waals surface area contributed by atoms with E-state index < -0.39 is 0 Å². The summed E-state index contributed by atoms with van der Waals surface area (Å²) in [6.45, 7) is 6.76. The first-order chi connectivity index (χ1) is 12.0. The number of piperidine rings is 1. The van der Waals surface area contributed by atoms with Crippen LogP contribution in [0, 0.1) is 0 Å². The third-order valence-electron chi connectivity index (χ3n) is 5.42. The van der Waals surface area contributed by atoms with Crippen LogP contribution >= 0.6 is 0 Å². The van der Waals surface area contributed by atoms with Crippen LogP contribution in [-0.4, -0.2) is 48.4 Å². The van der Waals surface area contributed by atoms with Crippen LogP contribution in [0.4, 0.5) is 0 Å². The number of nitrogens with zero attached hydrogens (tertiary/aromatic N) is 6. The molecule has 0 atom stereocenters. The smallest absolute Gasteiger partial charge is 0.257 e. The number of hydrogen-bond donors (Lipinski definition) is 0. The molecular formula is C18H26N6O. The molecule has 0 aliphatic carbocycles. The summed E-state index contributed by atoms with van der Waals surface area (Å²) in [5.74, 6) is 3.04. The minimum Gasteiger partial charge on any atom is -0.338 e. The van der Waals surface area contributed by atoms with E-state index >= 15 is 0 Å². The van der Waals surface area contributed by atoms with Gasteiger partial charge in [-0.3, -0.25) is 9.48 Å². The summed E-state index contributed by atoms with van der Waals surface area (Å²) in [6, 6.07) is 0. The standard InChI is InChI=1S/C18H26N6O/c1-12(2)16-14(11-22(3)21-16)18(25)23-9-6-13(7-10-23)17-20-19-15-5-4-8-24(15)17/h11-13H,4-10H2,1-3H3. The Morgan fingerprint density at radius 3 is 2.68 bits per heavy atom. The van der Waals surface area contributed by atoms with Gasteiger partial charge in [0.15, 0.2) is 0 Å². The van der Waals surface area contributed by atoms with E-state index in [0.29, 0.717) is 5.92 Å². The Bertz CT molecular complexity index is 782. The molecule has 1 amide bonds. The molecule has 4 rings (SSSR count). The first-order valence-corrected chi connectivity index (χ1v) is 9.29. The molecule has 2 aromatic rings. The number of likely N-dealkylation sites (tertiary alicyclic amines) is 1. The number of carbonyl (C=O) groups excluding carboxylic acids is 1. The molecular weight excluding hydrogens is 316 g/mol. The highest BCUT2D eigenvalue weighted by molar-refractivity contribution is 5.95. The fourth-order valence-corrected chi connectivity index (χ4v) is 4.08. The van der Waals surface area contributed by atoms with Gasteiger partial charge in [-0.25, -0.2) is 0 Å². The zero-order valence-electron chi connectivity index (χ0n) is 15.3. The van der Waals surface area contributed by atoms with Crippen LogP contribution in [0.1, 0.15) is 72.6 Å². The zero-order chi connectivity index (χ0) is 17.6. The average molecular weight is 342 g/mol. The van der Waals surface area contributed by atoms with Crippen molar-refractivity contribution in [1.29, 1.82) is 0 Å². The molecule has 0 unspecified atom stereocenters. The second kappa shape index (κ2) is 6.28. The molecule has 7 heteroatoms. The third kappa shape index (κ3) is 2.85. The number of rotatable bonds is 3. The van der Waals surface area contributed by atoms with E-state index in [4.69, 9.17) is 0 Å². The first kappa shape index (κ1) is 16.3. The Hall–Kier alpha value is -2.18. The first-order valence-electron chi connectivity index (χ1n) is 9.29. The lowest BCUT2D eigenvalue weighted by atomic mass is 9.95. The van der Waals surface area contributed by atoms with Crippen molar-refractivity contribution < 1.29 is 4.79 Å². The molecule has 25 heavy (non-hydrogen) atoms. The summed E-state index contributed by atoms with van der Waals surface area (Å²) in [4.78, 5) is 14.9. The Labute approximate surface area is 148 Å². The molecule has 0 saturated carbocycles. The maximum atomic E-state index is 13.0. The van der Waals surface area contributed by atoms with Gasteiger partial charge in [-0.1, -0.05) is 13.8 Å². The van der Waals surface area contributed by atoms with E-state index in [2.05, 4.69) is 33.7 Å². The van der Waals surface area contributed by atoms with Crippen LogP contribution in [0.25, 0.3) is 0 Å². The van der Waals surface area contributed by atoms with E-state index in [1.165, 1.54) is 6.42 Å². The average Bonchev–Trinajstić information content (AvgIpc) is 3.29. The van der Waals surface area contributed by atoms with Crippen molar-refractivity contribution in [2.45, 2.75) is 57.9 Å². The number of hydrogen-bond acceptors (Lipinski definition) is 4. The molecule has 0 spiro atoms. The minimum absolute atomic E-state index is 0.113. The predicted octanol–water partition coefficient (Wildman–Crippen LogP) is 2.10. The van der Waals surface area contributed by atoms with E-state index in [0.717, 1.165) is 61.8 Å². The largest absolute Gasteiger partial charge is 0.338 e. The number of amides is 1. The Balaban J connectivity index is 1.46. The highest BCUT2D eigenvalue weighted by Crippen LogP contribution is 2.30. The summed E-state index contributed by atoms with van der Waals surface area (Å²) in [7, 11) is 1.88. The van der Waals surface area contributed by atoms with Gasteiger partial charge in [0.2, 0.25) is 0 Å². The van der Waals surface area contributed by atoms with Crippen molar-refractivity contribution in [3.8, 4) is 0 Å². The molecule has 7 nitrogen and oxygen atoms in total. The maximum absolute atomic E-state index is 13.0. The molecule has 0 aromatic carbocycles. The fourth-order valence-electron chi connectivity index (χ4n) is 4.08. The molecule has 0 radical (unpaired) electrons. The second-order valence-electron chi connectivity index (χ2n) is 7.55. The number of aromatic nitrogens is 5. The van der Waals surface area contributed by atoms with Gasteiger partial charge in [0, 0.05) is 45.2 Å². The third-order valence-corrected chi connectivity index (χ3v) is 5.42. The lowest BCUT2D eigenvalue weighted by molar-refractivity contribution is 0.0708. The van der Waals surface area contributed by atoms with Gasteiger partial charge in [-0.15, -0.1) is 10.2 Å². The van der Waals surface area contributed by atoms with Crippen LogP contribution in [-0.2, 0) is 20.0 Å². The molecule has 0 bridgehead atoms. The van der Waals surface area contributed by atoms with Crippen molar-refractivity contribution in [3.63, 3.8) is 0 Å². The predicted molar refractivity (Wildman–Crippen MR) is 93.5 cm³/mol. The zero-order valence-corrected chi connectivity index (χ0v) is 15.3. The Kier molecular flexibility index (Phi) is 4.09. The van der Waals surface area contributed by atoms with Gasteiger partial charge in [0.25, 0.3) is 5.91 Å². The molecule has 2 aromatic heterocycles. The quantitative estimate of drug-likeness (QED) is 0.856. The maximum Gasteiger partial charge on any atom is 0.257 e. The Morgan fingerprint density at radius 2 is 1.96 bits per heavy atom. The highest BCUT2D eigenvalue weighted by Gasteiger charge is 2.31. The summed E-state index contributed by atoms with van der Waals surface area (Å²) in [6.07, 6.45) is 5.99. The van der Waals surface area contributed by atoms with Gasteiger partial charge < -0.3 is 9.47 Å². The molecule has 134 valence electrons. The van der Waals surface area contributed by atoms with Crippen molar-refractivity contribution in [2.75, 3.05) is 13.1 Å². The summed E-state index contributed by atoms with van der Waals surface area (Å²) >= 11 is 0. The van der Waals surface area contributed by atoms with Crippen molar-refractivity contribution in [3.05, 3.63) is 29.1 Å². The van der Waals surface area contributed by atoms with Gasteiger partial charge in [0.05, 0.1) is 11.3 Å². The molecule has 2 aliphatic heterocycles. The van der Waals surface area contributed by atoms with Crippen LogP contribution in [0.2, 0.25) is 0 Å². The summed E-state index contributed by atoms with van der Waals surface area (Å²) in [5.41, 5.74) is 1.64. The highest BCUT2D eigenvalue weighted by atomic mass is 16.2. The van der Waals surface area contributed by atoms with Crippen LogP contribution in [0.5, 0.6) is 0 Å².